The lowest BCUT2D eigenvalue weighted by Gasteiger charge is -1.99. The Bertz CT molecular complexity index is 641. The molecule has 0 spiro atoms. The van der Waals surface area contributed by atoms with Gasteiger partial charge in [-0.25, -0.2) is 0 Å². The van der Waals surface area contributed by atoms with E-state index in [2.05, 4.69) is 71.5 Å². The molecule has 0 bridgehead atoms. The molecule has 0 aliphatic heterocycles. The van der Waals surface area contributed by atoms with Crippen molar-refractivity contribution in [1.82, 2.24) is 0 Å². The van der Waals surface area contributed by atoms with Gasteiger partial charge >= 0.3 is 0 Å². The molecule has 1 aromatic heterocycles. The van der Waals surface area contributed by atoms with Crippen molar-refractivity contribution >= 4 is 11.3 Å². The standard InChI is InChI=1S/C16H14NS/c1-13-17(15-10-6-3-7-11-15)16(12-18-13)14-8-4-2-5-9-14/h2-12H,1H3/q+1. The zero-order valence-corrected chi connectivity index (χ0v) is 11.0. The van der Waals surface area contributed by atoms with Gasteiger partial charge in [0.2, 0.25) is 16.4 Å². The lowest BCUT2D eigenvalue weighted by atomic mass is 10.1. The summed E-state index contributed by atoms with van der Waals surface area (Å²) < 4.78 is 2.31. The fraction of sp³-hybridized carbons (Fsp3) is 0.0625. The third-order valence-corrected chi connectivity index (χ3v) is 3.85. The third kappa shape index (κ3) is 1.95. The number of benzene rings is 2. The summed E-state index contributed by atoms with van der Waals surface area (Å²) in [5.74, 6) is 0. The van der Waals surface area contributed by atoms with E-state index in [4.69, 9.17) is 0 Å². The van der Waals surface area contributed by atoms with Crippen LogP contribution in [0.2, 0.25) is 0 Å². The molecule has 0 aliphatic rings. The van der Waals surface area contributed by atoms with Gasteiger partial charge in [0.1, 0.15) is 0 Å². The first kappa shape index (κ1) is 11.2. The van der Waals surface area contributed by atoms with E-state index < -0.39 is 0 Å². The van der Waals surface area contributed by atoms with E-state index in [1.165, 1.54) is 22.0 Å². The van der Waals surface area contributed by atoms with Crippen molar-refractivity contribution in [2.24, 2.45) is 0 Å². The predicted octanol–water partition coefficient (Wildman–Crippen LogP) is 4.00. The van der Waals surface area contributed by atoms with Gasteiger partial charge in [0.15, 0.2) is 0 Å². The monoisotopic (exact) mass is 252 g/mol. The van der Waals surface area contributed by atoms with Gasteiger partial charge in [-0.3, -0.25) is 0 Å². The minimum atomic E-state index is 1.22. The molecule has 0 saturated heterocycles. The smallest absolute Gasteiger partial charge is 0.147 e. The topological polar surface area (TPSA) is 3.88 Å². The van der Waals surface area contributed by atoms with Crippen LogP contribution in [0.25, 0.3) is 16.9 Å². The second-order valence-corrected chi connectivity index (χ2v) is 5.24. The summed E-state index contributed by atoms with van der Waals surface area (Å²) in [6, 6.07) is 21.0. The van der Waals surface area contributed by atoms with E-state index in [-0.39, 0.29) is 0 Å². The molecule has 0 radical (unpaired) electrons. The molecule has 88 valence electrons. The minimum absolute atomic E-state index is 1.22. The molecule has 0 unspecified atom stereocenters. The van der Waals surface area contributed by atoms with Gasteiger partial charge in [-0.15, -0.1) is 4.57 Å². The average molecular weight is 252 g/mol. The van der Waals surface area contributed by atoms with Crippen LogP contribution in [0.3, 0.4) is 0 Å². The maximum absolute atomic E-state index is 2.31. The summed E-state index contributed by atoms with van der Waals surface area (Å²) in [5.41, 5.74) is 3.73. The highest BCUT2D eigenvalue weighted by molar-refractivity contribution is 7.09. The number of para-hydroxylation sites is 1. The second-order valence-electron chi connectivity index (χ2n) is 4.18. The molecule has 18 heavy (non-hydrogen) atoms. The van der Waals surface area contributed by atoms with Crippen molar-refractivity contribution in [2.45, 2.75) is 6.92 Å². The second kappa shape index (κ2) is 4.75. The van der Waals surface area contributed by atoms with E-state index >= 15 is 0 Å². The lowest BCUT2D eigenvalue weighted by Crippen LogP contribution is -2.33. The number of nitrogens with zero attached hydrogens (tertiary/aromatic N) is 1. The molecule has 1 nitrogen and oxygen atoms in total. The summed E-state index contributed by atoms with van der Waals surface area (Å²) in [4.78, 5) is 0. The van der Waals surface area contributed by atoms with E-state index in [1.807, 2.05) is 6.07 Å². The quantitative estimate of drug-likeness (QED) is 0.607. The van der Waals surface area contributed by atoms with Gasteiger partial charge in [0, 0.05) is 24.6 Å². The number of aromatic nitrogens is 1. The Balaban J connectivity index is 2.19. The number of rotatable bonds is 2. The average Bonchev–Trinajstić information content (AvgIpc) is 2.83. The number of thiazole rings is 1. The van der Waals surface area contributed by atoms with Gasteiger partial charge in [-0.05, 0) is 12.1 Å². The summed E-state index contributed by atoms with van der Waals surface area (Å²) in [6.45, 7) is 2.16. The van der Waals surface area contributed by atoms with Crippen molar-refractivity contribution in [3.05, 3.63) is 71.1 Å². The van der Waals surface area contributed by atoms with Crippen molar-refractivity contribution in [1.29, 1.82) is 0 Å². The molecule has 0 N–H and O–H groups in total. The number of hydrogen-bond donors (Lipinski definition) is 0. The highest BCUT2D eigenvalue weighted by Gasteiger charge is 2.20. The fourth-order valence-corrected chi connectivity index (χ4v) is 2.95. The molecular weight excluding hydrogens is 238 g/mol. The van der Waals surface area contributed by atoms with Gasteiger partial charge in [0.05, 0.1) is 5.38 Å². The molecule has 0 amide bonds. The van der Waals surface area contributed by atoms with Gasteiger partial charge in [0.25, 0.3) is 0 Å². The Kier molecular flexibility index (Phi) is 2.95. The first-order valence-electron chi connectivity index (χ1n) is 5.97. The van der Waals surface area contributed by atoms with Crippen LogP contribution >= 0.6 is 11.3 Å². The van der Waals surface area contributed by atoms with Gasteiger partial charge in [-0.1, -0.05) is 47.7 Å². The van der Waals surface area contributed by atoms with Crippen LogP contribution in [-0.2, 0) is 0 Å². The number of aryl methyl sites for hydroxylation is 1. The first-order valence-corrected chi connectivity index (χ1v) is 6.85. The molecule has 2 aromatic carbocycles. The molecule has 1 heterocycles. The maximum atomic E-state index is 2.31. The highest BCUT2D eigenvalue weighted by Crippen LogP contribution is 2.21. The zero-order chi connectivity index (χ0) is 12.4. The van der Waals surface area contributed by atoms with Crippen molar-refractivity contribution < 1.29 is 4.57 Å². The maximum Gasteiger partial charge on any atom is 0.240 e. The van der Waals surface area contributed by atoms with Crippen LogP contribution in [-0.4, -0.2) is 0 Å². The number of hydrogen-bond acceptors (Lipinski definition) is 1. The SMILES string of the molecule is Cc1scc(-c2ccccc2)[n+]1-c1ccccc1. The van der Waals surface area contributed by atoms with E-state index in [1.54, 1.807) is 11.3 Å². The molecule has 0 fully saturated rings. The van der Waals surface area contributed by atoms with Crippen LogP contribution in [0.1, 0.15) is 5.01 Å². The van der Waals surface area contributed by atoms with Crippen LogP contribution in [0.15, 0.2) is 66.0 Å². The lowest BCUT2D eigenvalue weighted by molar-refractivity contribution is -0.585. The van der Waals surface area contributed by atoms with Crippen LogP contribution < -0.4 is 4.57 Å². The molecule has 0 aliphatic carbocycles. The van der Waals surface area contributed by atoms with E-state index in [0.717, 1.165) is 0 Å². The Morgan fingerprint density at radius 3 is 2.11 bits per heavy atom. The summed E-state index contributed by atoms with van der Waals surface area (Å²) in [6.07, 6.45) is 0. The molecule has 0 atom stereocenters. The Morgan fingerprint density at radius 2 is 1.44 bits per heavy atom. The molecule has 3 rings (SSSR count). The fourth-order valence-electron chi connectivity index (χ4n) is 2.12. The van der Waals surface area contributed by atoms with Gasteiger partial charge in [-0.2, -0.15) is 0 Å². The Morgan fingerprint density at radius 1 is 0.833 bits per heavy atom. The third-order valence-electron chi connectivity index (χ3n) is 2.98. The summed E-state index contributed by atoms with van der Waals surface area (Å²) in [5, 5.41) is 3.51. The van der Waals surface area contributed by atoms with Crippen LogP contribution in [0, 0.1) is 6.92 Å². The Hall–Kier alpha value is -1.93. The van der Waals surface area contributed by atoms with Gasteiger partial charge < -0.3 is 0 Å². The summed E-state index contributed by atoms with van der Waals surface area (Å²) >= 11 is 1.78. The highest BCUT2D eigenvalue weighted by atomic mass is 32.1. The van der Waals surface area contributed by atoms with Crippen molar-refractivity contribution in [3.63, 3.8) is 0 Å². The van der Waals surface area contributed by atoms with Crippen LogP contribution in [0.4, 0.5) is 0 Å². The zero-order valence-electron chi connectivity index (χ0n) is 10.2. The van der Waals surface area contributed by atoms with Crippen molar-refractivity contribution in [3.8, 4) is 16.9 Å². The van der Waals surface area contributed by atoms with Crippen LogP contribution in [0.5, 0.6) is 0 Å². The Labute approximate surface area is 111 Å². The van der Waals surface area contributed by atoms with Crippen molar-refractivity contribution in [2.75, 3.05) is 0 Å². The normalized spacial score (nSPS) is 10.5. The summed E-state index contributed by atoms with van der Waals surface area (Å²) in [7, 11) is 0. The minimum Gasteiger partial charge on any atom is -0.147 e. The molecule has 0 saturated carbocycles. The molecule has 2 heteroatoms. The first-order chi connectivity index (χ1) is 8.86. The molecular formula is C16H14NS+. The predicted molar refractivity (Wildman–Crippen MR) is 76.0 cm³/mol. The van der Waals surface area contributed by atoms with E-state index in [9.17, 15) is 0 Å². The van der Waals surface area contributed by atoms with E-state index in [0.29, 0.717) is 0 Å². The molecule has 3 aromatic rings. The largest absolute Gasteiger partial charge is 0.240 e.